The number of halogens is 2. The summed E-state index contributed by atoms with van der Waals surface area (Å²) in [6.07, 6.45) is 0. The van der Waals surface area contributed by atoms with E-state index < -0.39 is 0 Å². The van der Waals surface area contributed by atoms with E-state index in [4.69, 9.17) is 23.2 Å². The predicted octanol–water partition coefficient (Wildman–Crippen LogP) is 4.60. The van der Waals surface area contributed by atoms with Crippen LogP contribution in [0.25, 0.3) is 0 Å². The highest BCUT2D eigenvalue weighted by atomic mass is 35.5. The molecule has 0 amide bonds. The number of aryl methyl sites for hydroxylation is 2. The van der Waals surface area contributed by atoms with Crippen molar-refractivity contribution in [3.63, 3.8) is 0 Å². The van der Waals surface area contributed by atoms with Gasteiger partial charge in [0.25, 0.3) is 0 Å². The first-order chi connectivity index (χ1) is 11.1. The molecule has 4 heteroatoms. The van der Waals surface area contributed by atoms with Gasteiger partial charge in [-0.25, -0.2) is 0 Å². The van der Waals surface area contributed by atoms with Crippen molar-refractivity contribution in [2.75, 3.05) is 26.2 Å². The monoisotopic (exact) mass is 348 g/mol. The van der Waals surface area contributed by atoms with Crippen LogP contribution in [0, 0.1) is 13.8 Å². The first kappa shape index (κ1) is 16.8. The van der Waals surface area contributed by atoms with Gasteiger partial charge in [0.2, 0.25) is 0 Å². The van der Waals surface area contributed by atoms with Gasteiger partial charge in [-0.05, 0) is 42.7 Å². The fraction of sp³-hybridized carbons (Fsp3) is 0.368. The second-order valence-electron chi connectivity index (χ2n) is 6.21. The highest BCUT2D eigenvalue weighted by Gasteiger charge is 2.26. The quantitative estimate of drug-likeness (QED) is 0.871. The Kier molecular flexibility index (Phi) is 5.27. The van der Waals surface area contributed by atoms with Gasteiger partial charge in [-0.3, -0.25) is 4.90 Å². The standard InChI is InChI=1S/C19H22Cl2N2/c1-13-3-5-16(14(2)11-13)19(23-9-7-22-8-10-23)17-6-4-15(20)12-18(17)21/h3-6,11-12,19,22H,7-10H2,1-2H3. The summed E-state index contributed by atoms with van der Waals surface area (Å²) in [5.41, 5.74) is 5.04. The normalized spacial score (nSPS) is 17.2. The van der Waals surface area contributed by atoms with Gasteiger partial charge in [0.05, 0.1) is 6.04 Å². The number of benzene rings is 2. The maximum atomic E-state index is 6.55. The summed E-state index contributed by atoms with van der Waals surface area (Å²) in [7, 11) is 0. The molecule has 1 saturated heterocycles. The Morgan fingerprint density at radius 1 is 0.957 bits per heavy atom. The van der Waals surface area contributed by atoms with Crippen molar-refractivity contribution in [2.45, 2.75) is 19.9 Å². The lowest BCUT2D eigenvalue weighted by atomic mass is 9.92. The molecular weight excluding hydrogens is 327 g/mol. The van der Waals surface area contributed by atoms with E-state index in [0.29, 0.717) is 5.02 Å². The summed E-state index contributed by atoms with van der Waals surface area (Å²) >= 11 is 12.6. The van der Waals surface area contributed by atoms with Crippen molar-refractivity contribution in [3.05, 3.63) is 68.7 Å². The zero-order valence-corrected chi connectivity index (χ0v) is 15.1. The van der Waals surface area contributed by atoms with Crippen LogP contribution in [-0.4, -0.2) is 31.1 Å². The van der Waals surface area contributed by atoms with Crippen molar-refractivity contribution < 1.29 is 0 Å². The Balaban J connectivity index is 2.09. The molecule has 0 saturated carbocycles. The van der Waals surface area contributed by atoms with E-state index in [1.807, 2.05) is 12.1 Å². The maximum absolute atomic E-state index is 6.55. The number of piperazine rings is 1. The van der Waals surface area contributed by atoms with E-state index in [-0.39, 0.29) is 6.04 Å². The minimum absolute atomic E-state index is 0.169. The molecular formula is C19H22Cl2N2. The number of nitrogens with one attached hydrogen (secondary N) is 1. The largest absolute Gasteiger partial charge is 0.314 e. The molecule has 0 bridgehead atoms. The van der Waals surface area contributed by atoms with E-state index in [2.05, 4.69) is 48.3 Å². The molecule has 2 aromatic rings. The fourth-order valence-electron chi connectivity index (χ4n) is 3.36. The Labute approximate surface area is 148 Å². The smallest absolute Gasteiger partial charge is 0.0620 e. The van der Waals surface area contributed by atoms with Crippen molar-refractivity contribution in [3.8, 4) is 0 Å². The van der Waals surface area contributed by atoms with Crippen molar-refractivity contribution in [2.24, 2.45) is 0 Å². The van der Waals surface area contributed by atoms with Gasteiger partial charge in [0.1, 0.15) is 0 Å². The highest BCUT2D eigenvalue weighted by Crippen LogP contribution is 2.36. The van der Waals surface area contributed by atoms with Crippen LogP contribution in [0.15, 0.2) is 36.4 Å². The third-order valence-corrected chi connectivity index (χ3v) is 5.06. The van der Waals surface area contributed by atoms with E-state index in [1.165, 1.54) is 16.7 Å². The Hall–Kier alpha value is -1.06. The van der Waals surface area contributed by atoms with Crippen LogP contribution in [-0.2, 0) is 0 Å². The molecule has 1 atom stereocenters. The molecule has 0 aromatic heterocycles. The summed E-state index contributed by atoms with van der Waals surface area (Å²) in [5.74, 6) is 0. The summed E-state index contributed by atoms with van der Waals surface area (Å²) in [5, 5.41) is 4.84. The Morgan fingerprint density at radius 2 is 1.65 bits per heavy atom. The molecule has 1 heterocycles. The molecule has 0 spiro atoms. The topological polar surface area (TPSA) is 15.3 Å². The van der Waals surface area contributed by atoms with E-state index >= 15 is 0 Å². The minimum Gasteiger partial charge on any atom is -0.314 e. The van der Waals surface area contributed by atoms with Gasteiger partial charge in [-0.15, -0.1) is 0 Å². The van der Waals surface area contributed by atoms with Crippen LogP contribution >= 0.6 is 23.2 Å². The van der Waals surface area contributed by atoms with Gasteiger partial charge in [-0.1, -0.05) is 53.0 Å². The van der Waals surface area contributed by atoms with Gasteiger partial charge in [0, 0.05) is 36.2 Å². The molecule has 1 aliphatic rings. The summed E-state index contributed by atoms with van der Waals surface area (Å²) < 4.78 is 0. The molecule has 3 rings (SSSR count). The maximum Gasteiger partial charge on any atom is 0.0620 e. The van der Waals surface area contributed by atoms with Crippen LogP contribution < -0.4 is 5.32 Å². The second-order valence-corrected chi connectivity index (χ2v) is 7.06. The van der Waals surface area contributed by atoms with Crippen LogP contribution in [0.3, 0.4) is 0 Å². The summed E-state index contributed by atoms with van der Waals surface area (Å²) in [6.45, 7) is 8.35. The average molecular weight is 349 g/mol. The third kappa shape index (κ3) is 3.72. The number of nitrogens with zero attached hydrogens (tertiary/aromatic N) is 1. The lowest BCUT2D eigenvalue weighted by Gasteiger charge is -2.36. The van der Waals surface area contributed by atoms with Crippen LogP contribution in [0.2, 0.25) is 10.0 Å². The highest BCUT2D eigenvalue weighted by molar-refractivity contribution is 6.35. The van der Waals surface area contributed by atoms with Crippen LogP contribution in [0.1, 0.15) is 28.3 Å². The van der Waals surface area contributed by atoms with Gasteiger partial charge >= 0.3 is 0 Å². The molecule has 1 unspecified atom stereocenters. The van der Waals surface area contributed by atoms with Crippen LogP contribution in [0.4, 0.5) is 0 Å². The zero-order valence-electron chi connectivity index (χ0n) is 13.6. The SMILES string of the molecule is Cc1ccc(C(c2ccc(Cl)cc2Cl)N2CCNCC2)c(C)c1. The van der Waals surface area contributed by atoms with Gasteiger partial charge in [0.15, 0.2) is 0 Å². The first-order valence-electron chi connectivity index (χ1n) is 8.03. The second kappa shape index (κ2) is 7.23. The van der Waals surface area contributed by atoms with E-state index in [9.17, 15) is 0 Å². The predicted molar refractivity (Wildman–Crippen MR) is 98.7 cm³/mol. The molecule has 1 N–H and O–H groups in total. The molecule has 122 valence electrons. The molecule has 1 fully saturated rings. The van der Waals surface area contributed by atoms with Crippen molar-refractivity contribution in [1.82, 2.24) is 10.2 Å². The van der Waals surface area contributed by atoms with E-state index in [0.717, 1.165) is 36.8 Å². The Bertz CT molecular complexity index is 642. The lowest BCUT2D eigenvalue weighted by molar-refractivity contribution is 0.198. The van der Waals surface area contributed by atoms with Crippen molar-refractivity contribution >= 4 is 23.2 Å². The zero-order chi connectivity index (χ0) is 16.4. The minimum atomic E-state index is 0.169. The fourth-order valence-corrected chi connectivity index (χ4v) is 3.87. The molecule has 1 aliphatic heterocycles. The summed E-state index contributed by atoms with van der Waals surface area (Å²) in [6, 6.07) is 12.7. The van der Waals surface area contributed by atoms with Crippen molar-refractivity contribution in [1.29, 1.82) is 0 Å². The number of rotatable bonds is 3. The molecule has 2 aromatic carbocycles. The first-order valence-corrected chi connectivity index (χ1v) is 8.79. The molecule has 0 aliphatic carbocycles. The van der Waals surface area contributed by atoms with Gasteiger partial charge < -0.3 is 5.32 Å². The molecule has 2 nitrogen and oxygen atoms in total. The lowest BCUT2D eigenvalue weighted by Crippen LogP contribution is -2.45. The van der Waals surface area contributed by atoms with Gasteiger partial charge in [-0.2, -0.15) is 0 Å². The summed E-state index contributed by atoms with van der Waals surface area (Å²) in [4.78, 5) is 2.50. The van der Waals surface area contributed by atoms with E-state index in [1.54, 1.807) is 0 Å². The number of hydrogen-bond acceptors (Lipinski definition) is 2. The van der Waals surface area contributed by atoms with Crippen LogP contribution in [0.5, 0.6) is 0 Å². The number of hydrogen-bond donors (Lipinski definition) is 1. The third-order valence-electron chi connectivity index (χ3n) is 4.49. The average Bonchev–Trinajstić information content (AvgIpc) is 2.52. The Morgan fingerprint density at radius 3 is 2.30 bits per heavy atom. The molecule has 23 heavy (non-hydrogen) atoms. The molecule has 0 radical (unpaired) electrons.